The Morgan fingerprint density at radius 3 is 2.68 bits per heavy atom. The summed E-state index contributed by atoms with van der Waals surface area (Å²) in [6.45, 7) is -0.136. The van der Waals surface area contributed by atoms with Crippen LogP contribution in [0.4, 0.5) is 5.69 Å². The number of para-hydroxylation sites is 1. The van der Waals surface area contributed by atoms with Gasteiger partial charge in [0.1, 0.15) is 16.9 Å². The molecule has 28 heavy (non-hydrogen) atoms. The highest BCUT2D eigenvalue weighted by Crippen LogP contribution is 2.31. The van der Waals surface area contributed by atoms with Gasteiger partial charge in [0.05, 0.1) is 11.0 Å². The van der Waals surface area contributed by atoms with Crippen molar-refractivity contribution in [3.05, 3.63) is 71.1 Å². The molecule has 0 aliphatic heterocycles. The molecule has 0 aliphatic rings. The largest absolute Gasteiger partial charge is 0.484 e. The van der Waals surface area contributed by atoms with E-state index in [0.717, 1.165) is 21.9 Å². The summed E-state index contributed by atoms with van der Waals surface area (Å²) in [6.07, 6.45) is 0. The molecule has 3 N–H and O–H groups in total. The van der Waals surface area contributed by atoms with Crippen molar-refractivity contribution in [1.82, 2.24) is 9.97 Å². The molecule has 7 nitrogen and oxygen atoms in total. The van der Waals surface area contributed by atoms with E-state index in [1.54, 1.807) is 24.3 Å². The smallest absolute Gasteiger partial charge is 0.323 e. The highest BCUT2D eigenvalue weighted by atomic mass is 16.5. The van der Waals surface area contributed by atoms with Gasteiger partial charge in [0.25, 0.3) is 5.91 Å². The van der Waals surface area contributed by atoms with Crippen LogP contribution in [-0.2, 0) is 4.79 Å². The summed E-state index contributed by atoms with van der Waals surface area (Å²) in [7, 11) is 0. The van der Waals surface area contributed by atoms with E-state index in [-0.39, 0.29) is 18.2 Å². The van der Waals surface area contributed by atoms with Gasteiger partial charge in [0.2, 0.25) is 0 Å². The number of benzene rings is 3. The van der Waals surface area contributed by atoms with Crippen molar-refractivity contribution in [1.29, 1.82) is 0 Å². The average Bonchev–Trinajstić information content (AvgIpc) is 3.25. The van der Waals surface area contributed by atoms with Gasteiger partial charge in [-0.25, -0.2) is 4.79 Å². The van der Waals surface area contributed by atoms with Gasteiger partial charge in [-0.3, -0.25) is 4.79 Å². The van der Waals surface area contributed by atoms with Crippen LogP contribution in [-0.4, -0.2) is 22.5 Å². The number of hydrogen-bond acceptors (Lipinski definition) is 4. The summed E-state index contributed by atoms with van der Waals surface area (Å²) in [4.78, 5) is 28.8. The second-order valence-corrected chi connectivity index (χ2v) is 6.43. The number of aromatic amines is 2. The van der Waals surface area contributed by atoms with Crippen LogP contribution in [0.3, 0.4) is 0 Å². The van der Waals surface area contributed by atoms with Gasteiger partial charge in [0, 0.05) is 16.5 Å². The molecule has 3 aromatic carbocycles. The lowest BCUT2D eigenvalue weighted by Crippen LogP contribution is -2.20. The summed E-state index contributed by atoms with van der Waals surface area (Å²) in [5.74, 6) is 0.286. The lowest BCUT2D eigenvalue weighted by atomic mass is 10.1. The van der Waals surface area contributed by atoms with Gasteiger partial charge < -0.3 is 24.4 Å². The maximum Gasteiger partial charge on any atom is 0.323 e. The predicted octanol–water partition coefficient (Wildman–Crippen LogP) is 3.77. The van der Waals surface area contributed by atoms with E-state index in [9.17, 15) is 9.59 Å². The Labute approximate surface area is 157 Å². The van der Waals surface area contributed by atoms with Crippen molar-refractivity contribution >= 4 is 44.6 Å². The quantitative estimate of drug-likeness (QED) is 0.446. The van der Waals surface area contributed by atoms with E-state index in [4.69, 9.17) is 9.15 Å². The molecular weight excluding hydrogens is 358 g/mol. The monoisotopic (exact) mass is 373 g/mol. The Morgan fingerprint density at radius 1 is 0.929 bits per heavy atom. The predicted molar refractivity (Wildman–Crippen MR) is 107 cm³/mol. The number of carbonyl (C=O) groups is 1. The number of H-pyrrole nitrogens is 2. The summed E-state index contributed by atoms with van der Waals surface area (Å²) >= 11 is 0. The lowest BCUT2D eigenvalue weighted by Gasteiger charge is -2.07. The van der Waals surface area contributed by atoms with Gasteiger partial charge in [-0.05, 0) is 42.5 Å². The number of rotatable bonds is 4. The maximum atomic E-state index is 12.2. The molecule has 0 spiro atoms. The molecule has 0 saturated heterocycles. The van der Waals surface area contributed by atoms with Crippen molar-refractivity contribution in [2.24, 2.45) is 0 Å². The van der Waals surface area contributed by atoms with Gasteiger partial charge in [-0.1, -0.05) is 18.2 Å². The van der Waals surface area contributed by atoms with Crippen LogP contribution in [0.2, 0.25) is 0 Å². The zero-order chi connectivity index (χ0) is 19.1. The minimum Gasteiger partial charge on any atom is -0.484 e. The van der Waals surface area contributed by atoms with E-state index in [1.807, 2.05) is 36.4 Å². The van der Waals surface area contributed by atoms with Crippen LogP contribution >= 0.6 is 0 Å². The number of hydrogen-bond donors (Lipinski definition) is 3. The number of amides is 1. The van der Waals surface area contributed by atoms with E-state index < -0.39 is 0 Å². The molecule has 0 unspecified atom stereocenters. The summed E-state index contributed by atoms with van der Waals surface area (Å²) < 4.78 is 11.4. The van der Waals surface area contributed by atoms with Crippen molar-refractivity contribution in [2.45, 2.75) is 0 Å². The Kier molecular flexibility index (Phi) is 3.65. The fourth-order valence-electron chi connectivity index (χ4n) is 3.25. The van der Waals surface area contributed by atoms with Crippen LogP contribution in [0, 0.1) is 0 Å². The third-order valence-electron chi connectivity index (χ3n) is 4.52. The normalized spacial score (nSPS) is 11.3. The number of aromatic nitrogens is 2. The van der Waals surface area contributed by atoms with E-state index in [1.165, 1.54) is 0 Å². The fraction of sp³-hybridized carbons (Fsp3) is 0.0476. The topological polar surface area (TPSA) is 100 Å². The molecule has 138 valence electrons. The number of carbonyl (C=O) groups excluding carboxylic acids is 1. The Morgan fingerprint density at radius 2 is 1.75 bits per heavy atom. The van der Waals surface area contributed by atoms with Crippen LogP contribution in [0.5, 0.6) is 5.75 Å². The van der Waals surface area contributed by atoms with Gasteiger partial charge >= 0.3 is 5.69 Å². The molecule has 0 saturated carbocycles. The summed E-state index contributed by atoms with van der Waals surface area (Å²) in [5, 5.41) is 4.70. The first-order valence-electron chi connectivity index (χ1n) is 8.72. The van der Waals surface area contributed by atoms with Crippen molar-refractivity contribution < 1.29 is 13.9 Å². The highest BCUT2D eigenvalue weighted by molar-refractivity contribution is 6.05. The van der Waals surface area contributed by atoms with Crippen LogP contribution in [0.25, 0.3) is 33.0 Å². The van der Waals surface area contributed by atoms with Crippen molar-refractivity contribution in [3.8, 4) is 5.75 Å². The van der Waals surface area contributed by atoms with Crippen molar-refractivity contribution in [3.63, 3.8) is 0 Å². The van der Waals surface area contributed by atoms with Gasteiger partial charge in [-0.15, -0.1) is 0 Å². The molecule has 0 radical (unpaired) electrons. The van der Waals surface area contributed by atoms with Gasteiger partial charge in [-0.2, -0.15) is 0 Å². The zero-order valence-electron chi connectivity index (χ0n) is 14.6. The first kappa shape index (κ1) is 16.2. The zero-order valence-corrected chi connectivity index (χ0v) is 14.6. The number of imidazole rings is 1. The molecule has 5 aromatic rings. The minimum absolute atomic E-state index is 0.136. The second-order valence-electron chi connectivity index (χ2n) is 6.43. The molecular formula is C21H15N3O4. The number of ether oxygens (including phenoxy) is 1. The summed E-state index contributed by atoms with van der Waals surface area (Å²) in [6, 6.07) is 18.4. The number of anilines is 1. The molecule has 0 fully saturated rings. The second kappa shape index (κ2) is 6.31. The Hall–Kier alpha value is -4.00. The molecule has 0 bridgehead atoms. The Balaban J connectivity index is 1.31. The average molecular weight is 373 g/mol. The third-order valence-corrected chi connectivity index (χ3v) is 4.52. The first-order chi connectivity index (χ1) is 13.7. The number of nitrogens with one attached hydrogen (secondary N) is 3. The maximum absolute atomic E-state index is 12.2. The van der Waals surface area contributed by atoms with E-state index in [0.29, 0.717) is 22.5 Å². The first-order valence-corrected chi connectivity index (χ1v) is 8.72. The molecule has 2 aromatic heterocycles. The molecule has 0 atom stereocenters. The number of fused-ring (bicyclic) bond motifs is 4. The minimum atomic E-state index is -0.297. The van der Waals surface area contributed by atoms with E-state index in [2.05, 4.69) is 15.3 Å². The van der Waals surface area contributed by atoms with Crippen LogP contribution < -0.4 is 15.7 Å². The molecule has 7 heteroatoms. The van der Waals surface area contributed by atoms with E-state index >= 15 is 0 Å². The summed E-state index contributed by atoms with van der Waals surface area (Å²) in [5.41, 5.74) is 3.18. The molecule has 1 amide bonds. The molecule has 2 heterocycles. The standard InChI is InChI=1S/C21H15N3O4/c25-20(22-12-5-7-16-17(9-12)24-21(26)23-16)11-27-13-6-8-19-15(10-13)14-3-1-2-4-18(14)28-19/h1-10H,11H2,(H,22,25)(H2,23,24,26). The third kappa shape index (κ3) is 2.88. The highest BCUT2D eigenvalue weighted by Gasteiger charge is 2.09. The van der Waals surface area contributed by atoms with Crippen LogP contribution in [0.1, 0.15) is 0 Å². The Bertz CT molecular complexity index is 1390. The molecule has 5 rings (SSSR count). The SMILES string of the molecule is O=C(COc1ccc2oc3ccccc3c2c1)Nc1ccc2[nH]c(=O)[nH]c2c1. The van der Waals surface area contributed by atoms with Gasteiger partial charge in [0.15, 0.2) is 6.61 Å². The lowest BCUT2D eigenvalue weighted by molar-refractivity contribution is -0.118. The molecule has 0 aliphatic carbocycles. The van der Waals surface area contributed by atoms with Crippen molar-refractivity contribution in [2.75, 3.05) is 11.9 Å². The fourth-order valence-corrected chi connectivity index (χ4v) is 3.25. The number of furan rings is 1. The van der Waals surface area contributed by atoms with Crippen LogP contribution in [0.15, 0.2) is 69.9 Å².